The molecule has 0 spiro atoms. The van der Waals surface area contributed by atoms with Crippen molar-refractivity contribution in [1.82, 2.24) is 0 Å². The lowest BCUT2D eigenvalue weighted by atomic mass is 10.1. The van der Waals surface area contributed by atoms with Gasteiger partial charge in [0.05, 0.1) is 4.88 Å². The van der Waals surface area contributed by atoms with Crippen molar-refractivity contribution in [2.45, 2.75) is 47.0 Å². The molecule has 2 nitrogen and oxygen atoms in total. The molecule has 2 rings (SSSR count). The Balaban J connectivity index is 2.24. The molecule has 112 valence electrons. The van der Waals surface area contributed by atoms with Crippen LogP contribution < -0.4 is 5.32 Å². The highest BCUT2D eigenvalue weighted by atomic mass is 32.1. The van der Waals surface area contributed by atoms with Crippen LogP contribution in [-0.4, -0.2) is 5.91 Å². The van der Waals surface area contributed by atoms with Gasteiger partial charge in [-0.1, -0.05) is 38.5 Å². The molecular weight excluding hydrogens is 278 g/mol. The fraction of sp³-hybridized carbons (Fsp3) is 0.389. The molecule has 1 N–H and O–H groups in total. The highest BCUT2D eigenvalue weighted by Crippen LogP contribution is 2.26. The average Bonchev–Trinajstić information content (AvgIpc) is 2.83. The summed E-state index contributed by atoms with van der Waals surface area (Å²) in [5.74, 6) is 0.00875. The first kappa shape index (κ1) is 15.8. The van der Waals surface area contributed by atoms with Gasteiger partial charge >= 0.3 is 0 Å². The highest BCUT2D eigenvalue weighted by molar-refractivity contribution is 7.14. The minimum Gasteiger partial charge on any atom is -0.321 e. The van der Waals surface area contributed by atoms with Crippen LogP contribution in [0.4, 0.5) is 5.69 Å². The first-order valence-corrected chi connectivity index (χ1v) is 8.37. The number of hydrogen-bond acceptors (Lipinski definition) is 2. The predicted molar refractivity (Wildman–Crippen MR) is 91.6 cm³/mol. The number of carbonyl (C=O) groups excluding carboxylic acids is 1. The van der Waals surface area contributed by atoms with E-state index in [2.05, 4.69) is 32.2 Å². The van der Waals surface area contributed by atoms with E-state index in [0.29, 0.717) is 0 Å². The maximum Gasteiger partial charge on any atom is 0.265 e. The summed E-state index contributed by atoms with van der Waals surface area (Å²) in [6.45, 7) is 8.41. The number of carbonyl (C=O) groups is 1. The fourth-order valence-corrected chi connectivity index (χ4v) is 3.49. The van der Waals surface area contributed by atoms with Crippen LogP contribution in [0.2, 0.25) is 0 Å². The Morgan fingerprint density at radius 3 is 2.62 bits per heavy atom. The molecule has 0 fully saturated rings. The quantitative estimate of drug-likeness (QED) is 0.814. The van der Waals surface area contributed by atoms with E-state index in [-0.39, 0.29) is 5.91 Å². The summed E-state index contributed by atoms with van der Waals surface area (Å²) < 4.78 is 0. The second-order valence-electron chi connectivity index (χ2n) is 5.36. The number of anilines is 1. The van der Waals surface area contributed by atoms with Crippen molar-refractivity contribution in [3.63, 3.8) is 0 Å². The van der Waals surface area contributed by atoms with E-state index < -0.39 is 0 Å². The molecule has 21 heavy (non-hydrogen) atoms. The van der Waals surface area contributed by atoms with E-state index in [1.165, 1.54) is 16.0 Å². The summed E-state index contributed by atoms with van der Waals surface area (Å²) in [5.41, 5.74) is 4.57. The zero-order valence-electron chi connectivity index (χ0n) is 13.2. The predicted octanol–water partition coefficient (Wildman–Crippen LogP) is 5.13. The summed E-state index contributed by atoms with van der Waals surface area (Å²) in [6.07, 6.45) is 3.07. The van der Waals surface area contributed by atoms with Gasteiger partial charge in [-0.3, -0.25) is 4.79 Å². The summed E-state index contributed by atoms with van der Waals surface area (Å²) in [4.78, 5) is 14.6. The van der Waals surface area contributed by atoms with Crippen LogP contribution >= 0.6 is 11.3 Å². The van der Waals surface area contributed by atoms with E-state index >= 15 is 0 Å². The molecular formula is C18H23NOS. The van der Waals surface area contributed by atoms with E-state index in [0.717, 1.165) is 35.4 Å². The fourth-order valence-electron chi connectivity index (χ4n) is 2.53. The zero-order valence-corrected chi connectivity index (χ0v) is 14.1. The summed E-state index contributed by atoms with van der Waals surface area (Å²) in [6, 6.07) is 8.20. The number of benzene rings is 1. The van der Waals surface area contributed by atoms with E-state index in [9.17, 15) is 4.79 Å². The molecule has 0 aliphatic rings. The number of hydrogen-bond donors (Lipinski definition) is 1. The minimum atomic E-state index is 0.00875. The van der Waals surface area contributed by atoms with Crippen LogP contribution in [0.3, 0.4) is 0 Å². The summed E-state index contributed by atoms with van der Waals surface area (Å²) in [5, 5.41) is 3.10. The SMILES string of the molecule is CCCc1cc(C(=O)Nc2c(C)cccc2CC)sc1C. The molecule has 0 radical (unpaired) electrons. The minimum absolute atomic E-state index is 0.00875. The third-order valence-electron chi connectivity index (χ3n) is 3.74. The van der Waals surface area contributed by atoms with Gasteiger partial charge in [0.2, 0.25) is 0 Å². The van der Waals surface area contributed by atoms with E-state index in [1.54, 1.807) is 11.3 Å². The first-order chi connectivity index (χ1) is 10.1. The topological polar surface area (TPSA) is 29.1 Å². The van der Waals surface area contributed by atoms with Gasteiger partial charge in [0, 0.05) is 10.6 Å². The van der Waals surface area contributed by atoms with Crippen LogP contribution in [0.15, 0.2) is 24.3 Å². The molecule has 0 aliphatic carbocycles. The summed E-state index contributed by atoms with van der Waals surface area (Å²) in [7, 11) is 0. The molecule has 1 aromatic heterocycles. The van der Waals surface area contributed by atoms with Gasteiger partial charge in [-0.2, -0.15) is 0 Å². The lowest BCUT2D eigenvalue weighted by molar-refractivity contribution is 0.103. The van der Waals surface area contributed by atoms with Crippen molar-refractivity contribution in [2.75, 3.05) is 5.32 Å². The van der Waals surface area contributed by atoms with Crippen LogP contribution in [0.1, 0.15) is 51.5 Å². The van der Waals surface area contributed by atoms with Crippen molar-refractivity contribution in [3.05, 3.63) is 50.7 Å². The second-order valence-corrected chi connectivity index (χ2v) is 6.62. The highest BCUT2D eigenvalue weighted by Gasteiger charge is 2.14. The third-order valence-corrected chi connectivity index (χ3v) is 4.83. The average molecular weight is 301 g/mol. The molecule has 0 saturated heterocycles. The second kappa shape index (κ2) is 6.90. The van der Waals surface area contributed by atoms with Crippen LogP contribution in [0, 0.1) is 13.8 Å². The maximum atomic E-state index is 12.5. The van der Waals surface area contributed by atoms with Gasteiger partial charge in [0.25, 0.3) is 5.91 Å². The van der Waals surface area contributed by atoms with Crippen molar-refractivity contribution < 1.29 is 4.79 Å². The smallest absolute Gasteiger partial charge is 0.265 e. The standard InChI is InChI=1S/C18H23NOS/c1-5-8-15-11-16(21-13(15)4)18(20)19-17-12(3)9-7-10-14(17)6-2/h7,9-11H,5-6,8H2,1-4H3,(H,19,20). The first-order valence-electron chi connectivity index (χ1n) is 7.56. The Bertz CT molecular complexity index is 643. The summed E-state index contributed by atoms with van der Waals surface area (Å²) >= 11 is 1.59. The number of aryl methyl sites for hydroxylation is 4. The number of amides is 1. The molecule has 1 amide bonds. The normalized spacial score (nSPS) is 10.7. The Kier molecular flexibility index (Phi) is 5.18. The number of rotatable bonds is 5. The van der Waals surface area contributed by atoms with Crippen molar-refractivity contribution in [3.8, 4) is 0 Å². The third kappa shape index (κ3) is 3.53. The maximum absolute atomic E-state index is 12.5. The Hall–Kier alpha value is -1.61. The zero-order chi connectivity index (χ0) is 15.4. The molecule has 0 bridgehead atoms. The number of nitrogens with one attached hydrogen (secondary N) is 1. The largest absolute Gasteiger partial charge is 0.321 e. The van der Waals surface area contributed by atoms with Crippen molar-refractivity contribution in [1.29, 1.82) is 0 Å². The van der Waals surface area contributed by atoms with Crippen molar-refractivity contribution in [2.24, 2.45) is 0 Å². The van der Waals surface area contributed by atoms with Gasteiger partial charge in [-0.05, 0) is 49.4 Å². The Morgan fingerprint density at radius 1 is 1.19 bits per heavy atom. The van der Waals surface area contributed by atoms with Crippen molar-refractivity contribution >= 4 is 22.9 Å². The monoisotopic (exact) mass is 301 g/mol. The molecule has 1 heterocycles. The van der Waals surface area contributed by atoms with Gasteiger partial charge in [0.1, 0.15) is 0 Å². The molecule has 0 saturated carbocycles. The lowest BCUT2D eigenvalue weighted by Gasteiger charge is -2.12. The lowest BCUT2D eigenvalue weighted by Crippen LogP contribution is -2.13. The van der Waals surface area contributed by atoms with Gasteiger partial charge in [0.15, 0.2) is 0 Å². The molecule has 1 aromatic carbocycles. The van der Waals surface area contributed by atoms with Crippen LogP contribution in [-0.2, 0) is 12.8 Å². The number of para-hydroxylation sites is 1. The van der Waals surface area contributed by atoms with Gasteiger partial charge < -0.3 is 5.32 Å². The molecule has 0 aliphatic heterocycles. The molecule has 2 aromatic rings. The van der Waals surface area contributed by atoms with Gasteiger partial charge in [-0.25, -0.2) is 0 Å². The van der Waals surface area contributed by atoms with E-state index in [4.69, 9.17) is 0 Å². The molecule has 3 heteroatoms. The molecule has 0 unspecified atom stereocenters. The Morgan fingerprint density at radius 2 is 1.95 bits per heavy atom. The van der Waals surface area contributed by atoms with Crippen LogP contribution in [0.5, 0.6) is 0 Å². The Labute approximate surface area is 131 Å². The van der Waals surface area contributed by atoms with E-state index in [1.807, 2.05) is 25.1 Å². The number of thiophene rings is 1. The van der Waals surface area contributed by atoms with Gasteiger partial charge in [-0.15, -0.1) is 11.3 Å². The molecule has 0 atom stereocenters. The van der Waals surface area contributed by atoms with Crippen LogP contribution in [0.25, 0.3) is 0 Å².